The van der Waals surface area contributed by atoms with Gasteiger partial charge in [0.25, 0.3) is 0 Å². The molecule has 1 aliphatic heterocycles. The summed E-state index contributed by atoms with van der Waals surface area (Å²) in [4.78, 5) is 12.6. The molecule has 1 N–H and O–H groups in total. The summed E-state index contributed by atoms with van der Waals surface area (Å²) in [7, 11) is 0. The summed E-state index contributed by atoms with van der Waals surface area (Å²) in [5.74, 6) is 0.727. The smallest absolute Gasteiger partial charge is 0.235 e. The van der Waals surface area contributed by atoms with E-state index in [2.05, 4.69) is 5.32 Å². The highest BCUT2D eigenvalue weighted by atomic mass is 19.1. The Morgan fingerprint density at radius 1 is 1.09 bits per heavy atom. The van der Waals surface area contributed by atoms with Crippen LogP contribution in [0.4, 0.5) is 10.1 Å². The molecule has 1 saturated carbocycles. The predicted molar refractivity (Wildman–Crippen MR) is 78.5 cm³/mol. The highest BCUT2D eigenvalue weighted by molar-refractivity contribution is 6.01. The Bertz CT molecular complexity index is 755. The Labute approximate surface area is 126 Å². The Morgan fingerprint density at radius 2 is 1.86 bits per heavy atom. The number of ether oxygens (including phenoxy) is 2. The van der Waals surface area contributed by atoms with Gasteiger partial charge < -0.3 is 14.8 Å². The van der Waals surface area contributed by atoms with Crippen molar-refractivity contribution in [3.05, 3.63) is 53.8 Å². The molecule has 112 valence electrons. The van der Waals surface area contributed by atoms with Gasteiger partial charge >= 0.3 is 0 Å². The maximum atomic E-state index is 13.7. The molecule has 0 unspecified atom stereocenters. The summed E-state index contributed by atoms with van der Waals surface area (Å²) in [6, 6.07) is 11.7. The lowest BCUT2D eigenvalue weighted by Crippen LogP contribution is -2.28. The van der Waals surface area contributed by atoms with Crippen molar-refractivity contribution in [2.24, 2.45) is 0 Å². The Hall–Kier alpha value is -2.56. The van der Waals surface area contributed by atoms with E-state index in [0.29, 0.717) is 11.5 Å². The number of hydrogen-bond acceptors (Lipinski definition) is 3. The number of rotatable bonds is 3. The van der Waals surface area contributed by atoms with E-state index >= 15 is 0 Å². The number of halogens is 1. The van der Waals surface area contributed by atoms with Gasteiger partial charge in [0.1, 0.15) is 5.82 Å². The highest BCUT2D eigenvalue weighted by Gasteiger charge is 2.51. The summed E-state index contributed by atoms with van der Waals surface area (Å²) in [6.07, 6.45) is 1.49. The Morgan fingerprint density at radius 3 is 2.64 bits per heavy atom. The van der Waals surface area contributed by atoms with Gasteiger partial charge in [0.05, 0.1) is 11.1 Å². The quantitative estimate of drug-likeness (QED) is 0.946. The first kappa shape index (κ1) is 13.1. The van der Waals surface area contributed by atoms with Gasteiger partial charge in [-0.15, -0.1) is 0 Å². The van der Waals surface area contributed by atoms with E-state index in [4.69, 9.17) is 9.47 Å². The topological polar surface area (TPSA) is 47.6 Å². The summed E-state index contributed by atoms with van der Waals surface area (Å²) < 4.78 is 24.3. The van der Waals surface area contributed by atoms with Crippen LogP contribution in [0.15, 0.2) is 42.5 Å². The Balaban J connectivity index is 1.61. The van der Waals surface area contributed by atoms with E-state index in [1.54, 1.807) is 18.2 Å². The summed E-state index contributed by atoms with van der Waals surface area (Å²) in [5, 5.41) is 2.69. The fourth-order valence-electron chi connectivity index (χ4n) is 2.77. The number of hydrogen-bond donors (Lipinski definition) is 1. The lowest BCUT2D eigenvalue weighted by Gasteiger charge is -2.16. The van der Waals surface area contributed by atoms with Crippen molar-refractivity contribution >= 4 is 11.6 Å². The third kappa shape index (κ3) is 2.01. The number of carbonyl (C=O) groups excluding carboxylic acids is 1. The van der Waals surface area contributed by atoms with Gasteiger partial charge in [0.2, 0.25) is 12.7 Å². The predicted octanol–water partition coefficient (Wildman–Crippen LogP) is 3.22. The molecule has 0 atom stereocenters. The first-order chi connectivity index (χ1) is 10.7. The lowest BCUT2D eigenvalue weighted by atomic mass is 9.94. The van der Waals surface area contributed by atoms with Crippen molar-refractivity contribution in [2.45, 2.75) is 18.3 Å². The summed E-state index contributed by atoms with van der Waals surface area (Å²) >= 11 is 0. The van der Waals surface area contributed by atoms with E-state index in [9.17, 15) is 9.18 Å². The second-order valence-electron chi connectivity index (χ2n) is 5.58. The van der Waals surface area contributed by atoms with Crippen molar-refractivity contribution < 1.29 is 18.7 Å². The SMILES string of the molecule is O=C(Nc1ccccc1F)C1(c2ccc3c(c2)OCO3)CC1. The maximum Gasteiger partial charge on any atom is 0.235 e. The second-order valence-corrected chi connectivity index (χ2v) is 5.58. The Kier molecular flexibility index (Phi) is 2.82. The first-order valence-electron chi connectivity index (χ1n) is 7.15. The van der Waals surface area contributed by atoms with Gasteiger partial charge in [0, 0.05) is 0 Å². The van der Waals surface area contributed by atoms with Crippen molar-refractivity contribution in [1.29, 1.82) is 0 Å². The number of nitrogens with one attached hydrogen (secondary N) is 1. The molecular formula is C17H14FNO3. The molecule has 22 heavy (non-hydrogen) atoms. The molecule has 4 nitrogen and oxygen atoms in total. The zero-order valence-corrected chi connectivity index (χ0v) is 11.8. The van der Waals surface area contributed by atoms with E-state index in [-0.39, 0.29) is 18.4 Å². The number of amides is 1. The molecule has 0 bridgehead atoms. The molecule has 0 spiro atoms. The number of anilines is 1. The number of fused-ring (bicyclic) bond motifs is 1. The fourth-order valence-corrected chi connectivity index (χ4v) is 2.77. The summed E-state index contributed by atoms with van der Waals surface area (Å²) in [6.45, 7) is 0.202. The third-order valence-corrected chi connectivity index (χ3v) is 4.23. The van der Waals surface area contributed by atoms with Crippen LogP contribution in [0.1, 0.15) is 18.4 Å². The third-order valence-electron chi connectivity index (χ3n) is 4.23. The molecule has 1 aliphatic carbocycles. The minimum atomic E-state index is -0.594. The maximum absolute atomic E-state index is 13.7. The molecule has 0 saturated heterocycles. The normalized spacial score (nSPS) is 17.1. The molecule has 0 aromatic heterocycles. The number of para-hydroxylation sites is 1. The zero-order valence-electron chi connectivity index (χ0n) is 11.8. The average molecular weight is 299 g/mol. The zero-order chi connectivity index (χ0) is 15.2. The van der Waals surface area contributed by atoms with Crippen LogP contribution >= 0.6 is 0 Å². The van der Waals surface area contributed by atoms with Crippen LogP contribution < -0.4 is 14.8 Å². The van der Waals surface area contributed by atoms with Crippen molar-refractivity contribution in [2.75, 3.05) is 12.1 Å². The van der Waals surface area contributed by atoms with E-state index in [1.165, 1.54) is 6.07 Å². The monoisotopic (exact) mass is 299 g/mol. The molecule has 0 radical (unpaired) electrons. The van der Waals surface area contributed by atoms with Crippen LogP contribution in [-0.2, 0) is 10.2 Å². The van der Waals surface area contributed by atoms with Gasteiger partial charge in [-0.1, -0.05) is 18.2 Å². The molecule has 1 heterocycles. The lowest BCUT2D eigenvalue weighted by molar-refractivity contribution is -0.118. The molecule has 4 rings (SSSR count). The van der Waals surface area contributed by atoms with E-state index < -0.39 is 11.2 Å². The fraction of sp³-hybridized carbons (Fsp3) is 0.235. The molecule has 5 heteroatoms. The first-order valence-corrected chi connectivity index (χ1v) is 7.15. The molecule has 2 aliphatic rings. The van der Waals surface area contributed by atoms with Crippen molar-refractivity contribution in [3.63, 3.8) is 0 Å². The van der Waals surface area contributed by atoms with E-state index in [0.717, 1.165) is 18.4 Å². The van der Waals surface area contributed by atoms with Crippen LogP contribution in [0.3, 0.4) is 0 Å². The van der Waals surface area contributed by atoms with Crippen LogP contribution in [-0.4, -0.2) is 12.7 Å². The molecule has 2 aromatic rings. The van der Waals surface area contributed by atoms with Gasteiger partial charge in [-0.2, -0.15) is 0 Å². The minimum Gasteiger partial charge on any atom is -0.454 e. The standard InChI is InChI=1S/C17H14FNO3/c18-12-3-1-2-4-13(12)19-16(20)17(7-8-17)11-5-6-14-15(9-11)22-10-21-14/h1-6,9H,7-8,10H2,(H,19,20). The molecular weight excluding hydrogens is 285 g/mol. The van der Waals surface area contributed by atoms with Crippen LogP contribution in [0.5, 0.6) is 11.5 Å². The minimum absolute atomic E-state index is 0.184. The summed E-state index contributed by atoms with van der Waals surface area (Å²) in [5.41, 5.74) is 0.494. The van der Waals surface area contributed by atoms with Crippen molar-refractivity contribution in [1.82, 2.24) is 0 Å². The second kappa shape index (κ2) is 4.73. The van der Waals surface area contributed by atoms with Crippen LogP contribution in [0.25, 0.3) is 0 Å². The largest absolute Gasteiger partial charge is 0.454 e. The highest BCUT2D eigenvalue weighted by Crippen LogP contribution is 2.51. The molecule has 1 amide bonds. The van der Waals surface area contributed by atoms with Crippen molar-refractivity contribution in [3.8, 4) is 11.5 Å². The van der Waals surface area contributed by atoms with Gasteiger partial charge in [-0.3, -0.25) is 4.79 Å². The molecule has 2 aromatic carbocycles. The number of benzene rings is 2. The van der Waals surface area contributed by atoms with E-state index in [1.807, 2.05) is 18.2 Å². The van der Waals surface area contributed by atoms with Gasteiger partial charge in [0.15, 0.2) is 11.5 Å². The average Bonchev–Trinajstić information content (AvgIpc) is 3.21. The molecule has 1 fully saturated rings. The van der Waals surface area contributed by atoms with Crippen LogP contribution in [0, 0.1) is 5.82 Å². The number of carbonyl (C=O) groups is 1. The van der Waals surface area contributed by atoms with Gasteiger partial charge in [-0.05, 0) is 42.7 Å². The van der Waals surface area contributed by atoms with Crippen LogP contribution in [0.2, 0.25) is 0 Å². The van der Waals surface area contributed by atoms with Gasteiger partial charge in [-0.25, -0.2) is 4.39 Å².